The van der Waals surface area contributed by atoms with E-state index in [2.05, 4.69) is 20.6 Å². The molecule has 29 heavy (non-hydrogen) atoms. The number of aryl methyl sites for hydroxylation is 1. The maximum atomic E-state index is 14.5. The van der Waals surface area contributed by atoms with Gasteiger partial charge in [-0.25, -0.2) is 9.37 Å². The first-order valence-electron chi connectivity index (χ1n) is 9.47. The molecule has 0 saturated carbocycles. The molecule has 0 fully saturated rings. The van der Waals surface area contributed by atoms with Gasteiger partial charge in [-0.05, 0) is 42.7 Å². The van der Waals surface area contributed by atoms with E-state index in [1.165, 1.54) is 6.07 Å². The Kier molecular flexibility index (Phi) is 6.84. The van der Waals surface area contributed by atoms with Crippen LogP contribution >= 0.6 is 0 Å². The van der Waals surface area contributed by atoms with Crippen molar-refractivity contribution < 1.29 is 9.13 Å². The van der Waals surface area contributed by atoms with E-state index in [4.69, 9.17) is 4.74 Å². The molecule has 0 aliphatic carbocycles. The molecule has 1 aromatic heterocycles. The van der Waals surface area contributed by atoms with Crippen molar-refractivity contribution in [3.63, 3.8) is 0 Å². The number of imidazole rings is 1. The number of methoxy groups -OCH3 is 1. The average Bonchev–Trinajstić information content (AvgIpc) is 3.16. The number of hydrogen-bond donors (Lipinski definition) is 2. The Bertz CT molecular complexity index is 983. The SMILES string of the molecule is CN=C(NCCc1ccccc1OC)NCc1ccc(-n2ccnc2C)c(F)c1. The van der Waals surface area contributed by atoms with Crippen LogP contribution in [0.4, 0.5) is 4.39 Å². The zero-order chi connectivity index (χ0) is 20.6. The van der Waals surface area contributed by atoms with Gasteiger partial charge in [0, 0.05) is 32.5 Å². The van der Waals surface area contributed by atoms with E-state index < -0.39 is 0 Å². The van der Waals surface area contributed by atoms with Crippen molar-refractivity contribution in [3.8, 4) is 11.4 Å². The summed E-state index contributed by atoms with van der Waals surface area (Å²) in [6.07, 6.45) is 4.21. The molecule has 3 aromatic rings. The van der Waals surface area contributed by atoms with Crippen LogP contribution in [0.3, 0.4) is 0 Å². The molecule has 0 aliphatic rings. The van der Waals surface area contributed by atoms with Gasteiger partial charge >= 0.3 is 0 Å². The molecule has 2 N–H and O–H groups in total. The number of ether oxygens (including phenoxy) is 1. The summed E-state index contributed by atoms with van der Waals surface area (Å²) >= 11 is 0. The van der Waals surface area contributed by atoms with Gasteiger partial charge in [-0.3, -0.25) is 4.99 Å². The summed E-state index contributed by atoms with van der Waals surface area (Å²) in [4.78, 5) is 8.37. The van der Waals surface area contributed by atoms with E-state index in [-0.39, 0.29) is 5.82 Å². The molecule has 3 rings (SSSR count). The van der Waals surface area contributed by atoms with E-state index in [0.29, 0.717) is 24.7 Å². The number of benzene rings is 2. The number of para-hydroxylation sites is 1. The Hall–Kier alpha value is -3.35. The summed E-state index contributed by atoms with van der Waals surface area (Å²) < 4.78 is 21.6. The fourth-order valence-electron chi connectivity index (χ4n) is 3.12. The lowest BCUT2D eigenvalue weighted by molar-refractivity contribution is 0.409. The molecule has 0 saturated heterocycles. The van der Waals surface area contributed by atoms with Crippen LogP contribution in [0, 0.1) is 12.7 Å². The van der Waals surface area contributed by atoms with E-state index in [1.807, 2.05) is 37.3 Å². The third-order valence-electron chi connectivity index (χ3n) is 4.66. The van der Waals surface area contributed by atoms with Crippen LogP contribution in [-0.4, -0.2) is 36.2 Å². The molecule has 2 aromatic carbocycles. The second-order valence-corrected chi connectivity index (χ2v) is 6.54. The lowest BCUT2D eigenvalue weighted by Crippen LogP contribution is -2.37. The molecule has 7 heteroatoms. The number of nitrogens with one attached hydrogen (secondary N) is 2. The lowest BCUT2D eigenvalue weighted by Gasteiger charge is -2.14. The first-order chi connectivity index (χ1) is 14.1. The smallest absolute Gasteiger partial charge is 0.191 e. The summed E-state index contributed by atoms with van der Waals surface area (Å²) in [6, 6.07) is 13.1. The minimum atomic E-state index is -0.287. The zero-order valence-corrected chi connectivity index (χ0v) is 16.9. The third kappa shape index (κ3) is 5.13. The van der Waals surface area contributed by atoms with Gasteiger partial charge in [0.25, 0.3) is 0 Å². The van der Waals surface area contributed by atoms with Crippen LogP contribution in [0.15, 0.2) is 59.9 Å². The minimum Gasteiger partial charge on any atom is -0.496 e. The van der Waals surface area contributed by atoms with Gasteiger partial charge in [0.2, 0.25) is 0 Å². The van der Waals surface area contributed by atoms with Gasteiger partial charge in [-0.2, -0.15) is 0 Å². The zero-order valence-electron chi connectivity index (χ0n) is 16.9. The van der Waals surface area contributed by atoms with Crippen LogP contribution < -0.4 is 15.4 Å². The Balaban J connectivity index is 1.54. The summed E-state index contributed by atoms with van der Waals surface area (Å²) in [5.74, 6) is 2.00. The van der Waals surface area contributed by atoms with Gasteiger partial charge in [-0.1, -0.05) is 24.3 Å². The van der Waals surface area contributed by atoms with Crippen molar-refractivity contribution in [3.05, 3.63) is 77.6 Å². The van der Waals surface area contributed by atoms with Crippen molar-refractivity contribution in [1.29, 1.82) is 0 Å². The molecule has 0 radical (unpaired) electrons. The van der Waals surface area contributed by atoms with Gasteiger partial charge in [-0.15, -0.1) is 0 Å². The number of aromatic nitrogens is 2. The molecule has 0 unspecified atom stereocenters. The number of hydrogen-bond acceptors (Lipinski definition) is 3. The number of rotatable bonds is 7. The van der Waals surface area contributed by atoms with E-state index in [1.54, 1.807) is 37.2 Å². The minimum absolute atomic E-state index is 0.287. The fraction of sp³-hybridized carbons (Fsp3) is 0.273. The van der Waals surface area contributed by atoms with Crippen molar-refractivity contribution in [1.82, 2.24) is 20.2 Å². The highest BCUT2D eigenvalue weighted by atomic mass is 19.1. The van der Waals surface area contributed by atoms with Crippen molar-refractivity contribution in [2.45, 2.75) is 19.9 Å². The summed E-state index contributed by atoms with van der Waals surface area (Å²) in [5, 5.41) is 6.49. The van der Waals surface area contributed by atoms with Crippen molar-refractivity contribution in [2.75, 3.05) is 20.7 Å². The molecule has 1 heterocycles. The molecule has 0 spiro atoms. The highest BCUT2D eigenvalue weighted by Gasteiger charge is 2.08. The van der Waals surface area contributed by atoms with Gasteiger partial charge < -0.3 is 19.9 Å². The number of nitrogens with zero attached hydrogens (tertiary/aromatic N) is 3. The second-order valence-electron chi connectivity index (χ2n) is 6.54. The van der Waals surface area contributed by atoms with Crippen LogP contribution in [0.25, 0.3) is 5.69 Å². The molecular weight excluding hydrogens is 369 g/mol. The lowest BCUT2D eigenvalue weighted by atomic mass is 10.1. The molecule has 0 amide bonds. The molecule has 6 nitrogen and oxygen atoms in total. The Morgan fingerprint density at radius 1 is 1.21 bits per heavy atom. The van der Waals surface area contributed by atoms with Crippen molar-refractivity contribution >= 4 is 5.96 Å². The molecule has 0 atom stereocenters. The number of guanidine groups is 1. The molecule has 152 valence electrons. The van der Waals surface area contributed by atoms with Crippen LogP contribution in [0.2, 0.25) is 0 Å². The summed E-state index contributed by atoms with van der Waals surface area (Å²) in [7, 11) is 3.38. The Morgan fingerprint density at radius 3 is 2.72 bits per heavy atom. The van der Waals surface area contributed by atoms with Gasteiger partial charge in [0.05, 0.1) is 12.8 Å². The molecular formula is C22H26FN5O. The van der Waals surface area contributed by atoms with E-state index >= 15 is 0 Å². The maximum Gasteiger partial charge on any atom is 0.191 e. The Morgan fingerprint density at radius 2 is 2.03 bits per heavy atom. The highest BCUT2D eigenvalue weighted by molar-refractivity contribution is 5.79. The maximum absolute atomic E-state index is 14.5. The summed E-state index contributed by atoms with van der Waals surface area (Å²) in [5.41, 5.74) is 2.45. The number of aliphatic imine (C=N–C) groups is 1. The number of halogens is 1. The van der Waals surface area contributed by atoms with Crippen LogP contribution in [0.5, 0.6) is 5.75 Å². The topological polar surface area (TPSA) is 63.5 Å². The van der Waals surface area contributed by atoms with Crippen molar-refractivity contribution in [2.24, 2.45) is 4.99 Å². The average molecular weight is 395 g/mol. The largest absolute Gasteiger partial charge is 0.496 e. The summed E-state index contributed by atoms with van der Waals surface area (Å²) in [6.45, 7) is 3.01. The first-order valence-corrected chi connectivity index (χ1v) is 9.47. The predicted octanol–water partition coefficient (Wildman–Crippen LogP) is 3.24. The molecule has 0 bridgehead atoms. The first kappa shape index (κ1) is 20.4. The van der Waals surface area contributed by atoms with Crippen LogP contribution in [0.1, 0.15) is 17.0 Å². The van der Waals surface area contributed by atoms with Gasteiger partial charge in [0.15, 0.2) is 5.96 Å². The monoisotopic (exact) mass is 395 g/mol. The predicted molar refractivity (Wildman–Crippen MR) is 113 cm³/mol. The quantitative estimate of drug-likeness (QED) is 0.476. The van der Waals surface area contributed by atoms with Crippen LogP contribution in [-0.2, 0) is 13.0 Å². The third-order valence-corrected chi connectivity index (χ3v) is 4.66. The van der Waals surface area contributed by atoms with E-state index in [9.17, 15) is 4.39 Å². The molecule has 0 aliphatic heterocycles. The fourth-order valence-corrected chi connectivity index (χ4v) is 3.12. The normalized spacial score (nSPS) is 11.4. The highest BCUT2D eigenvalue weighted by Crippen LogP contribution is 2.18. The second kappa shape index (κ2) is 9.73. The van der Waals surface area contributed by atoms with E-state index in [0.717, 1.165) is 29.1 Å². The Labute approximate surface area is 170 Å². The standard InChI is InChI=1S/C22H26FN5O/c1-16-25-12-13-28(16)20-9-8-17(14-19(20)23)15-27-22(24-2)26-11-10-18-6-4-5-7-21(18)29-3/h4-9,12-14H,10-11,15H2,1-3H3,(H2,24,26,27). The van der Waals surface area contributed by atoms with Gasteiger partial charge in [0.1, 0.15) is 17.4 Å².